The Bertz CT molecular complexity index is 583. The van der Waals surface area contributed by atoms with Crippen LogP contribution in [-0.2, 0) is 14.8 Å². The smallest absolute Gasteiger partial charge is 0.243 e. The lowest BCUT2D eigenvalue weighted by atomic mass is 10.1. The SMILES string of the molecule is Cc1cccc(S(=O)(=O)N2CC(CO)OC(C)(C)C2)c1. The van der Waals surface area contributed by atoms with Crippen molar-refractivity contribution < 1.29 is 18.3 Å². The van der Waals surface area contributed by atoms with E-state index in [4.69, 9.17) is 4.74 Å². The van der Waals surface area contributed by atoms with Gasteiger partial charge in [-0.05, 0) is 38.5 Å². The Kier molecular flexibility index (Phi) is 4.20. The summed E-state index contributed by atoms with van der Waals surface area (Å²) in [6.45, 7) is 5.78. The minimum atomic E-state index is -3.56. The van der Waals surface area contributed by atoms with Crippen LogP contribution in [0.5, 0.6) is 0 Å². The van der Waals surface area contributed by atoms with Crippen molar-refractivity contribution in [3.63, 3.8) is 0 Å². The van der Waals surface area contributed by atoms with E-state index in [-0.39, 0.29) is 24.6 Å². The first-order valence-corrected chi connectivity index (χ1v) is 8.04. The maximum atomic E-state index is 12.7. The predicted octanol–water partition coefficient (Wildman–Crippen LogP) is 1.16. The van der Waals surface area contributed by atoms with E-state index in [1.165, 1.54) is 4.31 Å². The lowest BCUT2D eigenvalue weighted by molar-refractivity contribution is -0.131. The number of rotatable bonds is 3. The largest absolute Gasteiger partial charge is 0.394 e. The van der Waals surface area contributed by atoms with Crippen molar-refractivity contribution in [3.05, 3.63) is 29.8 Å². The molecule has 5 nitrogen and oxygen atoms in total. The number of ether oxygens (including phenoxy) is 1. The minimum Gasteiger partial charge on any atom is -0.394 e. The van der Waals surface area contributed by atoms with Crippen molar-refractivity contribution in [2.75, 3.05) is 19.7 Å². The van der Waals surface area contributed by atoms with Crippen molar-refractivity contribution in [2.24, 2.45) is 0 Å². The molecule has 1 aromatic rings. The summed E-state index contributed by atoms with van der Waals surface area (Å²) in [5.41, 5.74) is 0.292. The molecule has 0 saturated carbocycles. The molecule has 0 radical (unpaired) electrons. The molecule has 1 atom stereocenters. The third-order valence-corrected chi connectivity index (χ3v) is 5.09. The first-order valence-electron chi connectivity index (χ1n) is 6.60. The van der Waals surface area contributed by atoms with Crippen molar-refractivity contribution >= 4 is 10.0 Å². The van der Waals surface area contributed by atoms with E-state index in [0.717, 1.165) is 5.56 Å². The lowest BCUT2D eigenvalue weighted by Crippen LogP contribution is -2.55. The topological polar surface area (TPSA) is 66.8 Å². The van der Waals surface area contributed by atoms with E-state index < -0.39 is 21.7 Å². The lowest BCUT2D eigenvalue weighted by Gasteiger charge is -2.41. The van der Waals surface area contributed by atoms with Crippen LogP contribution < -0.4 is 0 Å². The van der Waals surface area contributed by atoms with Gasteiger partial charge in [-0.1, -0.05) is 12.1 Å². The summed E-state index contributed by atoms with van der Waals surface area (Å²) in [6.07, 6.45) is -0.488. The van der Waals surface area contributed by atoms with Crippen LogP contribution in [-0.4, -0.2) is 49.2 Å². The van der Waals surface area contributed by atoms with Gasteiger partial charge in [0.1, 0.15) is 0 Å². The Hall–Kier alpha value is -0.950. The van der Waals surface area contributed by atoms with Crippen LogP contribution in [0.4, 0.5) is 0 Å². The Labute approximate surface area is 120 Å². The number of sulfonamides is 1. The maximum Gasteiger partial charge on any atom is 0.243 e. The van der Waals surface area contributed by atoms with Gasteiger partial charge < -0.3 is 9.84 Å². The number of nitrogens with zero attached hydrogens (tertiary/aromatic N) is 1. The molecule has 1 aromatic carbocycles. The molecule has 0 aliphatic carbocycles. The second-order valence-corrected chi connectivity index (χ2v) is 7.73. The fourth-order valence-electron chi connectivity index (χ4n) is 2.45. The van der Waals surface area contributed by atoms with Crippen LogP contribution in [0, 0.1) is 6.92 Å². The van der Waals surface area contributed by atoms with Crippen LogP contribution in [0.15, 0.2) is 29.2 Å². The van der Waals surface area contributed by atoms with Gasteiger partial charge in [-0.15, -0.1) is 0 Å². The highest BCUT2D eigenvalue weighted by molar-refractivity contribution is 7.89. The van der Waals surface area contributed by atoms with E-state index in [1.54, 1.807) is 18.2 Å². The monoisotopic (exact) mass is 299 g/mol. The number of morpholine rings is 1. The van der Waals surface area contributed by atoms with Gasteiger partial charge in [-0.25, -0.2) is 8.42 Å². The third-order valence-electron chi connectivity index (χ3n) is 3.28. The Balaban J connectivity index is 2.33. The molecule has 1 fully saturated rings. The Morgan fingerprint density at radius 1 is 1.45 bits per heavy atom. The van der Waals surface area contributed by atoms with Gasteiger partial charge in [0.2, 0.25) is 10.0 Å². The molecule has 1 aliphatic heterocycles. The number of aliphatic hydroxyl groups is 1. The van der Waals surface area contributed by atoms with E-state index >= 15 is 0 Å². The third kappa shape index (κ3) is 3.20. The average Bonchev–Trinajstić information content (AvgIpc) is 2.36. The molecule has 0 aromatic heterocycles. The molecule has 6 heteroatoms. The predicted molar refractivity (Wildman–Crippen MR) is 76.0 cm³/mol. The number of benzene rings is 1. The summed E-state index contributed by atoms with van der Waals surface area (Å²) in [7, 11) is -3.56. The molecule has 1 aliphatic rings. The molecule has 1 N–H and O–H groups in total. The summed E-state index contributed by atoms with van der Waals surface area (Å²) in [5.74, 6) is 0. The summed E-state index contributed by atoms with van der Waals surface area (Å²) in [5, 5.41) is 9.27. The highest BCUT2D eigenvalue weighted by Crippen LogP contribution is 2.26. The molecule has 1 saturated heterocycles. The average molecular weight is 299 g/mol. The van der Waals surface area contributed by atoms with Gasteiger partial charge in [0.15, 0.2) is 0 Å². The van der Waals surface area contributed by atoms with Crippen LogP contribution in [0.3, 0.4) is 0 Å². The fraction of sp³-hybridized carbons (Fsp3) is 0.571. The summed E-state index contributed by atoms with van der Waals surface area (Å²) in [4.78, 5) is 0.284. The maximum absolute atomic E-state index is 12.7. The highest BCUT2D eigenvalue weighted by atomic mass is 32.2. The van der Waals surface area contributed by atoms with Crippen molar-refractivity contribution in [3.8, 4) is 0 Å². The molecule has 20 heavy (non-hydrogen) atoms. The Morgan fingerprint density at radius 3 is 2.75 bits per heavy atom. The fourth-order valence-corrected chi connectivity index (χ4v) is 4.17. The van der Waals surface area contributed by atoms with Crippen LogP contribution in [0.2, 0.25) is 0 Å². The van der Waals surface area contributed by atoms with Crippen molar-refractivity contribution in [1.82, 2.24) is 4.31 Å². The first-order chi connectivity index (χ1) is 9.24. The summed E-state index contributed by atoms with van der Waals surface area (Å²) in [6, 6.07) is 6.85. The molecule has 112 valence electrons. The second-order valence-electron chi connectivity index (χ2n) is 5.80. The van der Waals surface area contributed by atoms with Crippen molar-refractivity contribution in [2.45, 2.75) is 37.4 Å². The minimum absolute atomic E-state index is 0.177. The molecule has 2 rings (SSSR count). The number of hydrogen-bond donors (Lipinski definition) is 1. The van der Waals surface area contributed by atoms with Gasteiger partial charge in [-0.3, -0.25) is 0 Å². The van der Waals surface area contributed by atoms with Gasteiger partial charge in [0, 0.05) is 13.1 Å². The first kappa shape index (κ1) is 15.4. The standard InChI is InChI=1S/C14H21NO4S/c1-11-5-4-6-13(7-11)20(17,18)15-8-12(9-16)19-14(2,3)10-15/h4-7,12,16H,8-10H2,1-3H3. The molecule has 1 heterocycles. The number of aliphatic hydroxyl groups excluding tert-OH is 1. The summed E-state index contributed by atoms with van der Waals surface area (Å²) < 4.78 is 32.4. The van der Waals surface area contributed by atoms with E-state index in [9.17, 15) is 13.5 Å². The van der Waals surface area contributed by atoms with Gasteiger partial charge in [-0.2, -0.15) is 4.31 Å². The molecular weight excluding hydrogens is 278 g/mol. The zero-order chi connectivity index (χ0) is 15.0. The van der Waals surface area contributed by atoms with Crippen LogP contribution in [0.1, 0.15) is 19.4 Å². The molecule has 0 spiro atoms. The quantitative estimate of drug-likeness (QED) is 0.909. The molecular formula is C14H21NO4S. The van der Waals surface area contributed by atoms with Crippen LogP contribution in [0.25, 0.3) is 0 Å². The highest BCUT2D eigenvalue weighted by Gasteiger charge is 2.39. The number of aryl methyl sites for hydroxylation is 1. The zero-order valence-corrected chi connectivity index (χ0v) is 12.9. The van der Waals surface area contributed by atoms with E-state index in [1.807, 2.05) is 26.8 Å². The zero-order valence-electron chi connectivity index (χ0n) is 12.0. The Morgan fingerprint density at radius 2 is 2.15 bits per heavy atom. The molecule has 0 bridgehead atoms. The second kappa shape index (κ2) is 5.44. The van der Waals surface area contributed by atoms with Crippen molar-refractivity contribution in [1.29, 1.82) is 0 Å². The molecule has 1 unspecified atom stereocenters. The van der Waals surface area contributed by atoms with Gasteiger partial charge in [0.05, 0.1) is 23.2 Å². The number of hydrogen-bond acceptors (Lipinski definition) is 4. The van der Waals surface area contributed by atoms with Gasteiger partial charge in [0.25, 0.3) is 0 Å². The van der Waals surface area contributed by atoms with Gasteiger partial charge >= 0.3 is 0 Å². The van der Waals surface area contributed by atoms with E-state index in [0.29, 0.717) is 0 Å². The molecule has 0 amide bonds. The normalized spacial score (nSPS) is 23.7. The van der Waals surface area contributed by atoms with Crippen LogP contribution >= 0.6 is 0 Å². The summed E-state index contributed by atoms with van der Waals surface area (Å²) >= 11 is 0. The van der Waals surface area contributed by atoms with E-state index in [2.05, 4.69) is 0 Å².